The SMILES string of the molecule is CC[C@H](CO)[C@H](CN)OSP(I)I. The van der Waals surface area contributed by atoms with E-state index in [1.807, 2.05) is 6.92 Å². The molecular formula is C6H14I2NO2PS. The smallest absolute Gasteiger partial charge is 0.113 e. The molecule has 0 amide bonds. The van der Waals surface area contributed by atoms with Gasteiger partial charge in [0.2, 0.25) is 0 Å². The number of rotatable bonds is 7. The van der Waals surface area contributed by atoms with Crippen molar-refractivity contribution < 1.29 is 9.29 Å². The first-order valence-corrected chi connectivity index (χ1v) is 12.2. The van der Waals surface area contributed by atoms with Gasteiger partial charge in [0.25, 0.3) is 0 Å². The van der Waals surface area contributed by atoms with Crippen molar-refractivity contribution in [1.82, 2.24) is 0 Å². The van der Waals surface area contributed by atoms with Gasteiger partial charge in [0.05, 0.1) is 6.10 Å². The number of nitrogens with two attached hydrogens (primary N) is 1. The normalized spacial score (nSPS) is 16.2. The van der Waals surface area contributed by atoms with Crippen molar-refractivity contribution in [3.8, 4) is 0 Å². The van der Waals surface area contributed by atoms with Crippen LogP contribution in [-0.4, -0.2) is 24.4 Å². The topological polar surface area (TPSA) is 55.5 Å². The molecule has 0 unspecified atom stereocenters. The predicted octanol–water partition coefficient (Wildman–Crippen LogP) is 3.09. The summed E-state index contributed by atoms with van der Waals surface area (Å²) in [4.78, 5) is 0. The minimum absolute atomic E-state index is 0.0190. The maximum absolute atomic E-state index is 9.05. The van der Waals surface area contributed by atoms with E-state index in [2.05, 4.69) is 44.1 Å². The van der Waals surface area contributed by atoms with Crippen LogP contribution in [0.15, 0.2) is 0 Å². The number of aliphatic hydroxyl groups is 1. The Bertz CT molecular complexity index is 129. The van der Waals surface area contributed by atoms with Crippen LogP contribution in [-0.2, 0) is 4.18 Å². The first kappa shape index (κ1) is 15.1. The zero-order valence-corrected chi connectivity index (χ0v) is 13.3. The van der Waals surface area contributed by atoms with Crippen LogP contribution in [0.4, 0.5) is 0 Å². The van der Waals surface area contributed by atoms with Crippen LogP contribution in [0.1, 0.15) is 13.3 Å². The second-order valence-electron chi connectivity index (χ2n) is 2.50. The van der Waals surface area contributed by atoms with E-state index in [4.69, 9.17) is 15.0 Å². The minimum Gasteiger partial charge on any atom is -0.396 e. The average molecular weight is 449 g/mol. The molecule has 0 aromatic carbocycles. The molecule has 3 nitrogen and oxygen atoms in total. The molecule has 0 aliphatic heterocycles. The van der Waals surface area contributed by atoms with Crippen molar-refractivity contribution in [2.24, 2.45) is 11.7 Å². The highest BCUT2D eigenvalue weighted by Gasteiger charge is 2.20. The van der Waals surface area contributed by atoms with Crippen molar-refractivity contribution in [3.63, 3.8) is 0 Å². The van der Waals surface area contributed by atoms with E-state index in [0.29, 0.717) is 6.54 Å². The third-order valence-electron chi connectivity index (χ3n) is 1.74. The molecule has 0 aromatic rings. The Morgan fingerprint density at radius 1 is 1.62 bits per heavy atom. The Hall–Kier alpha value is 2.12. The van der Waals surface area contributed by atoms with E-state index in [9.17, 15) is 0 Å². The molecule has 0 heterocycles. The van der Waals surface area contributed by atoms with E-state index in [-0.39, 0.29) is 21.0 Å². The fourth-order valence-electron chi connectivity index (χ4n) is 0.908. The fourth-order valence-corrected chi connectivity index (χ4v) is 3.52. The molecule has 0 radical (unpaired) electrons. The van der Waals surface area contributed by atoms with Gasteiger partial charge in [-0.25, -0.2) is 0 Å². The average Bonchev–Trinajstić information content (AvgIpc) is 2.11. The summed E-state index contributed by atoms with van der Waals surface area (Å²) >= 11 is 6.12. The molecule has 0 aliphatic rings. The Kier molecular flexibility index (Phi) is 10.9. The number of halogens is 2. The van der Waals surface area contributed by atoms with Gasteiger partial charge in [-0.1, -0.05) is 6.92 Å². The lowest BCUT2D eigenvalue weighted by Gasteiger charge is -2.22. The number of aliphatic hydroxyl groups excluding tert-OH is 1. The first-order valence-electron chi connectivity index (χ1n) is 3.91. The number of hydrogen-bond acceptors (Lipinski definition) is 4. The van der Waals surface area contributed by atoms with Crippen LogP contribution in [0, 0.1) is 5.92 Å². The summed E-state index contributed by atoms with van der Waals surface area (Å²) < 4.78 is 5.37. The molecular weight excluding hydrogens is 435 g/mol. The maximum atomic E-state index is 9.05. The zero-order valence-electron chi connectivity index (χ0n) is 7.32. The standard InChI is InChI=1S/C6H14I2NO2PS/c1-2-5(4-10)6(3-9)11-13-12(7)8/h5-6,10H,2-4,9H2,1H3/t5-,6+/m1/s1. The summed E-state index contributed by atoms with van der Waals surface area (Å²) in [5.74, 6) is 0.167. The molecule has 0 aliphatic carbocycles. The first-order chi connectivity index (χ1) is 6.15. The highest BCUT2D eigenvalue weighted by Crippen LogP contribution is 2.65. The van der Waals surface area contributed by atoms with Gasteiger partial charge in [-0.3, -0.25) is 0 Å². The lowest BCUT2D eigenvalue weighted by Crippen LogP contribution is -2.31. The highest BCUT2D eigenvalue weighted by atomic mass is 127. The van der Waals surface area contributed by atoms with Gasteiger partial charge in [0.1, 0.15) is 2.41 Å². The molecule has 80 valence electrons. The molecule has 7 heteroatoms. The lowest BCUT2D eigenvalue weighted by molar-refractivity contribution is 0.108. The van der Waals surface area contributed by atoms with Gasteiger partial charge in [-0.2, -0.15) is 0 Å². The van der Waals surface area contributed by atoms with Crippen LogP contribution in [0.25, 0.3) is 0 Å². The van der Waals surface area contributed by atoms with Crippen molar-refractivity contribution >= 4 is 58.2 Å². The molecule has 0 aromatic heterocycles. The van der Waals surface area contributed by atoms with Gasteiger partial charge in [0.15, 0.2) is 0 Å². The summed E-state index contributed by atoms with van der Waals surface area (Å²) in [6, 6.07) is 0. The maximum Gasteiger partial charge on any atom is 0.113 e. The second-order valence-corrected chi connectivity index (χ2v) is 20.0. The van der Waals surface area contributed by atoms with Gasteiger partial charge >= 0.3 is 0 Å². The number of hydrogen-bond donors (Lipinski definition) is 2. The third kappa shape index (κ3) is 7.08. The summed E-state index contributed by atoms with van der Waals surface area (Å²) in [6.45, 7) is 2.66. The molecule has 13 heavy (non-hydrogen) atoms. The van der Waals surface area contributed by atoms with E-state index >= 15 is 0 Å². The molecule has 0 bridgehead atoms. The second kappa shape index (κ2) is 9.35. The van der Waals surface area contributed by atoms with E-state index < -0.39 is 0 Å². The minimum atomic E-state index is -0.176. The molecule has 0 fully saturated rings. The molecule has 2 atom stereocenters. The molecule has 0 spiro atoms. The monoisotopic (exact) mass is 449 g/mol. The van der Waals surface area contributed by atoms with Crippen LogP contribution < -0.4 is 5.73 Å². The van der Waals surface area contributed by atoms with Gasteiger partial charge in [-0.05, 0) is 50.5 Å². The molecule has 3 N–H and O–H groups in total. The van der Waals surface area contributed by atoms with Crippen LogP contribution in [0.5, 0.6) is 0 Å². The van der Waals surface area contributed by atoms with Crippen molar-refractivity contribution in [2.75, 3.05) is 13.2 Å². The van der Waals surface area contributed by atoms with Crippen LogP contribution in [0.2, 0.25) is 0 Å². The summed E-state index contributed by atoms with van der Waals surface area (Å²) in [7, 11) is 0. The van der Waals surface area contributed by atoms with Gasteiger partial charge in [0, 0.05) is 30.7 Å². The summed E-state index contributed by atoms with van der Waals surface area (Å²) in [5, 5.41) is 9.05. The van der Waals surface area contributed by atoms with Crippen molar-refractivity contribution in [2.45, 2.75) is 19.4 Å². The zero-order chi connectivity index (χ0) is 10.3. The molecule has 0 saturated heterocycles. The predicted molar refractivity (Wildman–Crippen MR) is 77.3 cm³/mol. The molecule has 0 saturated carbocycles. The van der Waals surface area contributed by atoms with Crippen LogP contribution >= 0.6 is 58.2 Å². The Balaban J connectivity index is 3.85. The van der Waals surface area contributed by atoms with Gasteiger partial charge < -0.3 is 15.0 Å². The van der Waals surface area contributed by atoms with E-state index in [1.54, 1.807) is 0 Å². The van der Waals surface area contributed by atoms with Crippen molar-refractivity contribution in [1.29, 1.82) is 0 Å². The Morgan fingerprint density at radius 2 is 2.23 bits per heavy atom. The quantitative estimate of drug-likeness (QED) is 0.357. The lowest BCUT2D eigenvalue weighted by atomic mass is 10.0. The molecule has 0 rings (SSSR count). The Labute approximate surface area is 111 Å². The van der Waals surface area contributed by atoms with E-state index in [1.165, 1.54) is 11.7 Å². The largest absolute Gasteiger partial charge is 0.396 e. The van der Waals surface area contributed by atoms with Crippen molar-refractivity contribution in [3.05, 3.63) is 0 Å². The van der Waals surface area contributed by atoms with Gasteiger partial charge in [-0.15, -0.1) is 0 Å². The summed E-state index contributed by atoms with van der Waals surface area (Å²) in [6.07, 6.45) is 0.883. The fraction of sp³-hybridized carbons (Fsp3) is 1.00. The Morgan fingerprint density at radius 3 is 2.54 bits per heavy atom. The summed E-state index contributed by atoms with van der Waals surface area (Å²) in [5.41, 5.74) is 5.56. The van der Waals surface area contributed by atoms with Crippen LogP contribution in [0.3, 0.4) is 0 Å². The highest BCUT2D eigenvalue weighted by molar-refractivity contribution is 14.3. The van der Waals surface area contributed by atoms with E-state index in [0.717, 1.165) is 6.42 Å². The third-order valence-corrected chi connectivity index (χ3v) is 5.68.